The summed E-state index contributed by atoms with van der Waals surface area (Å²) in [7, 11) is 0. The summed E-state index contributed by atoms with van der Waals surface area (Å²) >= 11 is 1.20. The minimum atomic E-state index is -0.0664. The molecule has 0 saturated carbocycles. The maximum Gasteiger partial charge on any atom is 0.166 e. The molecule has 0 aliphatic heterocycles. The van der Waals surface area contributed by atoms with E-state index in [4.69, 9.17) is 28.7 Å². The molecule has 11 rings (SSSR count). The van der Waals surface area contributed by atoms with Crippen LogP contribution in [0.3, 0.4) is 0 Å². The maximum absolute atomic E-state index is 5.20. The van der Waals surface area contributed by atoms with Crippen molar-refractivity contribution in [1.29, 1.82) is 0 Å². The van der Waals surface area contributed by atoms with Gasteiger partial charge in [-0.2, -0.15) is 8.75 Å². The fraction of sp³-hybridized carbons (Fsp3) is 0.0612. The van der Waals surface area contributed by atoms with Gasteiger partial charge < -0.3 is 0 Å². The third kappa shape index (κ3) is 5.08. The molecule has 0 radical (unpaired) electrons. The number of aromatic nitrogens is 6. The van der Waals surface area contributed by atoms with Crippen LogP contribution in [0.4, 0.5) is 0 Å². The molecule has 264 valence electrons. The molecule has 3 heterocycles. The zero-order valence-corrected chi connectivity index (χ0v) is 31.4. The van der Waals surface area contributed by atoms with E-state index in [2.05, 4.69) is 111 Å². The Bertz CT molecular complexity index is 3160. The number of fused-ring (bicyclic) bond motifs is 8. The maximum atomic E-state index is 5.20. The number of hydrogen-bond acceptors (Lipinski definition) is 7. The van der Waals surface area contributed by atoms with Crippen LogP contribution in [0.25, 0.3) is 100 Å². The van der Waals surface area contributed by atoms with Gasteiger partial charge in [0.2, 0.25) is 0 Å². The smallest absolute Gasteiger partial charge is 0.166 e. The predicted octanol–water partition coefficient (Wildman–Crippen LogP) is 12.2. The highest BCUT2D eigenvalue weighted by molar-refractivity contribution is 7.00. The standard InChI is InChI=1S/C49H32N6S/c1-49(2)39-19-11-9-17-34(39)35-26-25-33(27-40(35)49)29-21-23-32(24-22-29)47-51-46(31-15-7-4-8-16-31)52-48(53-47)38-28-37-42(45-44(38)54-56-55-45)36-18-10-12-20-41(36)50-43(37)30-13-5-3-6-14-30/h3-28H,1-2H3. The Morgan fingerprint density at radius 3 is 1.79 bits per heavy atom. The van der Waals surface area contributed by atoms with Crippen LogP contribution in [0.2, 0.25) is 0 Å². The van der Waals surface area contributed by atoms with Crippen LogP contribution in [0.15, 0.2) is 158 Å². The summed E-state index contributed by atoms with van der Waals surface area (Å²) in [6.07, 6.45) is 0. The number of pyridine rings is 1. The van der Waals surface area contributed by atoms with Crippen molar-refractivity contribution in [3.63, 3.8) is 0 Å². The molecule has 0 saturated heterocycles. The summed E-state index contributed by atoms with van der Waals surface area (Å²) in [5.41, 5.74) is 14.6. The first kappa shape index (κ1) is 32.5. The van der Waals surface area contributed by atoms with Crippen molar-refractivity contribution in [3.8, 4) is 67.7 Å². The van der Waals surface area contributed by atoms with E-state index >= 15 is 0 Å². The molecule has 0 amide bonds. The second-order valence-electron chi connectivity index (χ2n) is 14.8. The van der Waals surface area contributed by atoms with E-state index in [9.17, 15) is 0 Å². The first-order valence-electron chi connectivity index (χ1n) is 18.7. The minimum absolute atomic E-state index is 0.0664. The Labute approximate surface area is 327 Å². The zero-order valence-electron chi connectivity index (χ0n) is 30.6. The van der Waals surface area contributed by atoms with E-state index < -0.39 is 0 Å². The number of rotatable bonds is 5. The highest BCUT2D eigenvalue weighted by atomic mass is 32.1. The van der Waals surface area contributed by atoms with Gasteiger partial charge in [0.05, 0.1) is 22.9 Å². The van der Waals surface area contributed by atoms with Gasteiger partial charge >= 0.3 is 0 Å². The van der Waals surface area contributed by atoms with Crippen LogP contribution < -0.4 is 0 Å². The molecule has 1 aliphatic carbocycles. The normalized spacial score (nSPS) is 13.0. The van der Waals surface area contributed by atoms with Gasteiger partial charge in [0.25, 0.3) is 0 Å². The van der Waals surface area contributed by atoms with Crippen LogP contribution >= 0.6 is 11.7 Å². The molecule has 0 bridgehead atoms. The fourth-order valence-corrected chi connectivity index (χ4v) is 8.95. The molecule has 0 N–H and O–H groups in total. The monoisotopic (exact) mass is 736 g/mol. The Hall–Kier alpha value is -6.96. The van der Waals surface area contributed by atoms with Crippen LogP contribution in [-0.2, 0) is 5.41 Å². The molecule has 10 aromatic rings. The van der Waals surface area contributed by atoms with Gasteiger partial charge in [0.15, 0.2) is 17.5 Å². The largest absolute Gasteiger partial charge is 0.247 e. The van der Waals surface area contributed by atoms with Gasteiger partial charge in [-0.15, -0.1) is 0 Å². The Morgan fingerprint density at radius 2 is 1.00 bits per heavy atom. The number of hydrogen-bond donors (Lipinski definition) is 0. The van der Waals surface area contributed by atoms with Crippen molar-refractivity contribution in [1.82, 2.24) is 28.7 Å². The SMILES string of the molecule is CC1(C)c2ccccc2-c2ccc(-c3ccc(-c4nc(-c5ccccc5)nc(-c5cc6c(-c7ccccc7)nc7ccccc7c6c6nsnc56)n4)cc3)cc21. The third-order valence-electron chi connectivity index (χ3n) is 11.2. The Morgan fingerprint density at radius 1 is 0.411 bits per heavy atom. The minimum Gasteiger partial charge on any atom is -0.247 e. The van der Waals surface area contributed by atoms with E-state index in [1.54, 1.807) is 0 Å². The molecule has 7 aromatic carbocycles. The number of para-hydroxylation sites is 1. The van der Waals surface area contributed by atoms with Crippen molar-refractivity contribution in [2.24, 2.45) is 0 Å². The van der Waals surface area contributed by atoms with Crippen molar-refractivity contribution in [3.05, 3.63) is 169 Å². The van der Waals surface area contributed by atoms with Gasteiger partial charge in [-0.05, 0) is 51.6 Å². The Balaban J connectivity index is 1.08. The molecule has 0 spiro atoms. The van der Waals surface area contributed by atoms with E-state index in [-0.39, 0.29) is 5.41 Å². The molecule has 7 heteroatoms. The summed E-state index contributed by atoms with van der Waals surface area (Å²) in [6.45, 7) is 4.64. The summed E-state index contributed by atoms with van der Waals surface area (Å²) in [5, 5.41) is 3.02. The van der Waals surface area contributed by atoms with E-state index in [0.717, 1.165) is 66.2 Å². The summed E-state index contributed by atoms with van der Waals surface area (Å²) in [4.78, 5) is 20.6. The Kier molecular flexibility index (Phi) is 7.28. The van der Waals surface area contributed by atoms with Gasteiger partial charge in [0.1, 0.15) is 11.0 Å². The van der Waals surface area contributed by atoms with Crippen LogP contribution in [0.5, 0.6) is 0 Å². The molecule has 56 heavy (non-hydrogen) atoms. The van der Waals surface area contributed by atoms with Gasteiger partial charge in [-0.1, -0.05) is 153 Å². The topological polar surface area (TPSA) is 77.3 Å². The molecule has 0 unspecified atom stereocenters. The summed E-state index contributed by atoms with van der Waals surface area (Å²) in [5.74, 6) is 1.71. The van der Waals surface area contributed by atoms with Gasteiger partial charge in [-0.25, -0.2) is 19.9 Å². The predicted molar refractivity (Wildman–Crippen MR) is 228 cm³/mol. The van der Waals surface area contributed by atoms with Crippen molar-refractivity contribution < 1.29 is 0 Å². The first-order valence-corrected chi connectivity index (χ1v) is 19.4. The molecular weight excluding hydrogens is 705 g/mol. The second-order valence-corrected chi connectivity index (χ2v) is 15.4. The highest BCUT2D eigenvalue weighted by Crippen LogP contribution is 2.49. The average molecular weight is 737 g/mol. The first-order chi connectivity index (χ1) is 27.5. The van der Waals surface area contributed by atoms with E-state index in [1.807, 2.05) is 60.7 Å². The average Bonchev–Trinajstić information content (AvgIpc) is 3.84. The van der Waals surface area contributed by atoms with Crippen molar-refractivity contribution >= 4 is 44.4 Å². The number of benzene rings is 7. The van der Waals surface area contributed by atoms with E-state index in [0.29, 0.717) is 17.5 Å². The van der Waals surface area contributed by atoms with Crippen LogP contribution in [-0.4, -0.2) is 28.7 Å². The van der Waals surface area contributed by atoms with Gasteiger partial charge in [0, 0.05) is 43.8 Å². The van der Waals surface area contributed by atoms with Gasteiger partial charge in [-0.3, -0.25) is 0 Å². The number of nitrogens with zero attached hydrogens (tertiary/aromatic N) is 6. The molecule has 0 atom stereocenters. The lowest BCUT2D eigenvalue weighted by molar-refractivity contribution is 0.660. The molecule has 6 nitrogen and oxygen atoms in total. The highest BCUT2D eigenvalue weighted by Gasteiger charge is 2.35. The lowest BCUT2D eigenvalue weighted by Crippen LogP contribution is -2.14. The zero-order chi connectivity index (χ0) is 37.4. The quantitative estimate of drug-likeness (QED) is 0.164. The third-order valence-corrected chi connectivity index (χ3v) is 11.7. The van der Waals surface area contributed by atoms with E-state index in [1.165, 1.54) is 39.5 Å². The lowest BCUT2D eigenvalue weighted by atomic mass is 9.81. The molecule has 3 aromatic heterocycles. The van der Waals surface area contributed by atoms with Crippen molar-refractivity contribution in [2.75, 3.05) is 0 Å². The van der Waals surface area contributed by atoms with Crippen LogP contribution in [0, 0.1) is 0 Å². The van der Waals surface area contributed by atoms with Crippen molar-refractivity contribution in [2.45, 2.75) is 19.3 Å². The molecular formula is C49H32N6S. The van der Waals surface area contributed by atoms with Crippen LogP contribution in [0.1, 0.15) is 25.0 Å². The fourth-order valence-electron chi connectivity index (χ4n) is 8.39. The molecule has 1 aliphatic rings. The second kappa shape index (κ2) is 12.5. The molecule has 0 fully saturated rings. The summed E-state index contributed by atoms with van der Waals surface area (Å²) < 4.78 is 9.75. The lowest BCUT2D eigenvalue weighted by Gasteiger charge is -2.22. The summed E-state index contributed by atoms with van der Waals surface area (Å²) in [6, 6.07) is 54.9.